The number of carbonyl (C=O) groups excluding carboxylic acids is 2. The lowest BCUT2D eigenvalue weighted by Crippen LogP contribution is -2.54. The van der Waals surface area contributed by atoms with Crippen LogP contribution in [0.2, 0.25) is 20.1 Å². The van der Waals surface area contributed by atoms with E-state index in [-0.39, 0.29) is 40.6 Å². The maximum Gasteiger partial charge on any atom is 0.244 e. The third-order valence-corrected chi connectivity index (χ3v) is 8.75. The van der Waals surface area contributed by atoms with Crippen molar-refractivity contribution < 1.29 is 18.0 Å². The van der Waals surface area contributed by atoms with Crippen molar-refractivity contribution in [3.05, 3.63) is 97.9 Å². The van der Waals surface area contributed by atoms with Crippen LogP contribution in [0.4, 0.5) is 5.69 Å². The van der Waals surface area contributed by atoms with Gasteiger partial charge >= 0.3 is 0 Å². The van der Waals surface area contributed by atoms with Crippen molar-refractivity contribution in [3.63, 3.8) is 0 Å². The Morgan fingerprint density at radius 2 is 1.54 bits per heavy atom. The summed E-state index contributed by atoms with van der Waals surface area (Å²) in [6, 6.07) is 17.3. The van der Waals surface area contributed by atoms with E-state index in [9.17, 15) is 18.0 Å². The molecule has 0 radical (unpaired) electrons. The highest BCUT2D eigenvalue weighted by molar-refractivity contribution is 7.92. The SMILES string of the molecule is CC[C@@H](C)NC(=O)[C@@H](Cc1ccccc1)N(Cc1ccc(Cl)cc1Cl)C(=O)CN(c1cc(Cl)ccc1Cl)S(C)(=O)=O. The molecule has 12 heteroatoms. The molecule has 1 N–H and O–H groups in total. The van der Waals surface area contributed by atoms with Crippen LogP contribution in [-0.4, -0.2) is 50.0 Å². The van der Waals surface area contributed by atoms with Crippen LogP contribution in [0.25, 0.3) is 0 Å². The molecule has 0 bridgehead atoms. The summed E-state index contributed by atoms with van der Waals surface area (Å²) >= 11 is 25.1. The van der Waals surface area contributed by atoms with Gasteiger partial charge in [-0.2, -0.15) is 0 Å². The largest absolute Gasteiger partial charge is 0.352 e. The highest BCUT2D eigenvalue weighted by Crippen LogP contribution is 2.31. The van der Waals surface area contributed by atoms with Gasteiger partial charge in [0.2, 0.25) is 21.8 Å². The van der Waals surface area contributed by atoms with E-state index in [0.717, 1.165) is 16.1 Å². The Bertz CT molecular complexity index is 1490. The molecule has 7 nitrogen and oxygen atoms in total. The Kier molecular flexibility index (Phi) is 11.8. The number of carbonyl (C=O) groups is 2. The molecular formula is C29H31Cl4N3O4S. The minimum atomic E-state index is -4.00. The fraction of sp³-hybridized carbons (Fsp3) is 0.310. The smallest absolute Gasteiger partial charge is 0.244 e. The van der Waals surface area contributed by atoms with Gasteiger partial charge in [-0.25, -0.2) is 8.42 Å². The first-order valence-electron chi connectivity index (χ1n) is 12.8. The lowest BCUT2D eigenvalue weighted by Gasteiger charge is -2.34. The summed E-state index contributed by atoms with van der Waals surface area (Å²) in [6.07, 6.45) is 1.82. The van der Waals surface area contributed by atoms with Crippen LogP contribution < -0.4 is 9.62 Å². The molecule has 0 heterocycles. The highest BCUT2D eigenvalue weighted by Gasteiger charge is 2.34. The highest BCUT2D eigenvalue weighted by atomic mass is 35.5. The lowest BCUT2D eigenvalue weighted by molar-refractivity contribution is -0.140. The first-order valence-corrected chi connectivity index (χ1v) is 16.2. The van der Waals surface area contributed by atoms with Crippen LogP contribution in [0.1, 0.15) is 31.4 Å². The third-order valence-electron chi connectivity index (χ3n) is 6.48. The van der Waals surface area contributed by atoms with Crippen molar-refractivity contribution in [2.24, 2.45) is 0 Å². The van der Waals surface area contributed by atoms with Crippen molar-refractivity contribution in [1.82, 2.24) is 10.2 Å². The first-order chi connectivity index (χ1) is 19.3. The molecule has 0 saturated carbocycles. The molecule has 3 aromatic carbocycles. The zero-order valence-corrected chi connectivity index (χ0v) is 26.6. The van der Waals surface area contributed by atoms with Crippen LogP contribution in [0.5, 0.6) is 0 Å². The third kappa shape index (κ3) is 9.25. The normalized spacial score (nSPS) is 12.9. The number of nitrogens with one attached hydrogen (secondary N) is 1. The molecule has 2 amide bonds. The molecule has 0 unspecified atom stereocenters. The van der Waals surface area contributed by atoms with E-state index in [1.165, 1.54) is 23.1 Å². The number of hydrogen-bond acceptors (Lipinski definition) is 4. The van der Waals surface area contributed by atoms with Gasteiger partial charge in [0.1, 0.15) is 12.6 Å². The quantitative estimate of drug-likeness (QED) is 0.237. The molecule has 0 spiro atoms. The minimum absolute atomic E-state index is 0.0446. The van der Waals surface area contributed by atoms with Crippen LogP contribution in [0, 0.1) is 0 Å². The average Bonchev–Trinajstić information content (AvgIpc) is 2.91. The molecule has 0 aromatic heterocycles. The van der Waals surface area contributed by atoms with Gasteiger partial charge in [0.05, 0.1) is 17.0 Å². The topological polar surface area (TPSA) is 86.8 Å². The maximum absolute atomic E-state index is 14.1. The molecule has 0 saturated heterocycles. The standard InChI is InChI=1S/C29H31Cl4N3O4S/c1-4-19(2)34-29(38)27(14-20-8-6-5-7-9-20)35(17-21-10-11-22(30)15-25(21)33)28(37)18-36(41(3,39)40)26-16-23(31)12-13-24(26)32/h5-13,15-16,19,27H,4,14,17-18H2,1-3H3,(H,34,38)/t19-,27-/m1/s1. The lowest BCUT2D eigenvalue weighted by atomic mass is 10.0. The number of nitrogens with zero attached hydrogens (tertiary/aromatic N) is 2. The van der Waals surface area contributed by atoms with Crippen molar-refractivity contribution in [3.8, 4) is 0 Å². The Labute approximate surface area is 261 Å². The number of benzene rings is 3. The van der Waals surface area contributed by atoms with E-state index in [2.05, 4.69) is 5.32 Å². The number of sulfonamides is 1. The van der Waals surface area contributed by atoms with Gasteiger partial charge in [-0.1, -0.05) is 89.7 Å². The van der Waals surface area contributed by atoms with Gasteiger partial charge in [0, 0.05) is 34.1 Å². The molecule has 0 aliphatic carbocycles. The zero-order chi connectivity index (χ0) is 30.3. The van der Waals surface area contributed by atoms with E-state index in [4.69, 9.17) is 46.4 Å². The predicted octanol–water partition coefficient (Wildman–Crippen LogP) is 6.62. The van der Waals surface area contributed by atoms with Gasteiger partial charge in [-0.05, 0) is 54.8 Å². The minimum Gasteiger partial charge on any atom is -0.352 e. The van der Waals surface area contributed by atoms with Crippen molar-refractivity contribution in [2.75, 3.05) is 17.1 Å². The molecule has 3 rings (SSSR count). The first kappa shape index (κ1) is 33.0. The van der Waals surface area contributed by atoms with Gasteiger partial charge in [-0.3, -0.25) is 13.9 Å². The second-order valence-electron chi connectivity index (χ2n) is 9.65. The Hall–Kier alpha value is -2.49. The van der Waals surface area contributed by atoms with Crippen LogP contribution >= 0.6 is 46.4 Å². The molecular weight excluding hydrogens is 628 g/mol. The summed E-state index contributed by atoms with van der Waals surface area (Å²) in [6.45, 7) is 3.09. The summed E-state index contributed by atoms with van der Waals surface area (Å²) in [7, 11) is -4.00. The second-order valence-corrected chi connectivity index (χ2v) is 13.2. The number of amides is 2. The fourth-order valence-corrected chi connectivity index (χ4v) is 5.86. The zero-order valence-electron chi connectivity index (χ0n) is 22.8. The summed E-state index contributed by atoms with van der Waals surface area (Å²) in [5.74, 6) is -1.02. The molecule has 0 fully saturated rings. The summed E-state index contributed by atoms with van der Waals surface area (Å²) in [5.41, 5.74) is 1.39. The fourth-order valence-electron chi connectivity index (χ4n) is 4.10. The second kappa shape index (κ2) is 14.6. The van der Waals surface area contributed by atoms with Crippen LogP contribution in [-0.2, 0) is 32.6 Å². The van der Waals surface area contributed by atoms with E-state index < -0.39 is 28.5 Å². The summed E-state index contributed by atoms with van der Waals surface area (Å²) in [5, 5.41) is 4.01. The van der Waals surface area contributed by atoms with Gasteiger partial charge in [0.25, 0.3) is 0 Å². The van der Waals surface area contributed by atoms with Crippen LogP contribution in [0.15, 0.2) is 66.7 Å². The van der Waals surface area contributed by atoms with Crippen molar-refractivity contribution in [2.45, 2.75) is 45.3 Å². The van der Waals surface area contributed by atoms with Crippen molar-refractivity contribution in [1.29, 1.82) is 0 Å². The molecule has 3 aromatic rings. The van der Waals surface area contributed by atoms with E-state index >= 15 is 0 Å². The monoisotopic (exact) mass is 657 g/mol. The van der Waals surface area contributed by atoms with Gasteiger partial charge in [-0.15, -0.1) is 0 Å². The average molecular weight is 659 g/mol. The van der Waals surface area contributed by atoms with E-state index in [0.29, 0.717) is 22.0 Å². The van der Waals surface area contributed by atoms with Crippen molar-refractivity contribution >= 4 is 73.9 Å². The number of halogens is 4. The van der Waals surface area contributed by atoms with E-state index in [1.807, 2.05) is 44.2 Å². The molecule has 0 aliphatic rings. The number of rotatable bonds is 12. The molecule has 2 atom stereocenters. The number of anilines is 1. The Morgan fingerprint density at radius 3 is 2.15 bits per heavy atom. The molecule has 41 heavy (non-hydrogen) atoms. The number of hydrogen-bond donors (Lipinski definition) is 1. The van der Waals surface area contributed by atoms with Gasteiger partial charge in [0.15, 0.2) is 0 Å². The Morgan fingerprint density at radius 1 is 0.902 bits per heavy atom. The molecule has 220 valence electrons. The maximum atomic E-state index is 14.1. The molecule has 0 aliphatic heterocycles. The van der Waals surface area contributed by atoms with Gasteiger partial charge < -0.3 is 10.2 Å². The van der Waals surface area contributed by atoms with E-state index in [1.54, 1.807) is 18.2 Å². The predicted molar refractivity (Wildman–Crippen MR) is 167 cm³/mol. The Balaban J connectivity index is 2.12. The summed E-state index contributed by atoms with van der Waals surface area (Å²) in [4.78, 5) is 29.2. The summed E-state index contributed by atoms with van der Waals surface area (Å²) < 4.78 is 26.7. The van der Waals surface area contributed by atoms with Crippen LogP contribution in [0.3, 0.4) is 0 Å².